The van der Waals surface area contributed by atoms with Crippen molar-refractivity contribution in [3.05, 3.63) is 100 Å². The van der Waals surface area contributed by atoms with Gasteiger partial charge < -0.3 is 0 Å². The lowest BCUT2D eigenvalue weighted by molar-refractivity contribution is -0.126. The quantitative estimate of drug-likeness (QED) is 0.257. The predicted octanol–water partition coefficient (Wildman–Crippen LogP) is 5.90. The van der Waals surface area contributed by atoms with Crippen molar-refractivity contribution in [1.29, 1.82) is 0 Å². The third kappa shape index (κ3) is 3.40. The zero-order valence-electron chi connectivity index (χ0n) is 18.6. The molecule has 8 heteroatoms. The number of halogens is 2. The van der Waals surface area contributed by atoms with Crippen LogP contribution in [-0.4, -0.2) is 22.9 Å². The molecule has 174 valence electrons. The second kappa shape index (κ2) is 8.34. The van der Waals surface area contributed by atoms with E-state index in [1.807, 2.05) is 60.7 Å². The second-order valence-electron chi connectivity index (χ2n) is 8.61. The predicted molar refractivity (Wildman–Crippen MR) is 135 cm³/mol. The summed E-state index contributed by atoms with van der Waals surface area (Å²) in [6.45, 7) is 1.78. The van der Waals surface area contributed by atoms with Gasteiger partial charge in [-0.3, -0.25) is 14.4 Å². The Bertz CT molecular complexity index is 1490. The summed E-state index contributed by atoms with van der Waals surface area (Å²) in [6.07, 6.45) is -1.01. The highest BCUT2D eigenvalue weighted by Gasteiger charge is 2.61. The Morgan fingerprint density at radius 3 is 2.43 bits per heavy atom. The number of pyridine rings is 1. The summed E-state index contributed by atoms with van der Waals surface area (Å²) in [5.41, 5.74) is 3.18. The molecule has 35 heavy (non-hydrogen) atoms. The van der Waals surface area contributed by atoms with E-state index in [4.69, 9.17) is 28.0 Å². The molecule has 6 nitrogen and oxygen atoms in total. The normalized spacial score (nSPS) is 21.7. The minimum atomic E-state index is -1.01. The molecular weight excluding hydrogens is 485 g/mol. The highest BCUT2D eigenvalue weighted by atomic mass is 35.5. The zero-order chi connectivity index (χ0) is 24.3. The third-order valence-corrected chi connectivity index (χ3v) is 7.34. The first-order valence-electron chi connectivity index (χ1n) is 11.1. The molecule has 2 amide bonds. The lowest BCUT2D eigenvalue weighted by Crippen LogP contribution is -2.37. The van der Waals surface area contributed by atoms with Crippen molar-refractivity contribution >= 4 is 57.3 Å². The maximum Gasteiger partial charge on any atom is 0.266 e. The summed E-state index contributed by atoms with van der Waals surface area (Å²) in [5, 5.41) is 3.23. The molecule has 2 aliphatic rings. The van der Waals surface area contributed by atoms with E-state index in [0.29, 0.717) is 27.5 Å². The van der Waals surface area contributed by atoms with Crippen molar-refractivity contribution in [3.63, 3.8) is 0 Å². The molecule has 0 saturated carbocycles. The van der Waals surface area contributed by atoms with Crippen molar-refractivity contribution in [1.82, 2.24) is 4.98 Å². The van der Waals surface area contributed by atoms with Gasteiger partial charge in [0.1, 0.15) is 11.1 Å². The van der Waals surface area contributed by atoms with Gasteiger partial charge in [-0.25, -0.2) is 14.9 Å². The highest BCUT2D eigenvalue weighted by molar-refractivity contribution is 6.33. The number of benzene rings is 3. The fraction of sp³-hybridized carbons (Fsp3) is 0.148. The van der Waals surface area contributed by atoms with Crippen LogP contribution in [0.25, 0.3) is 10.9 Å². The largest absolute Gasteiger partial charge is 0.273 e. The number of anilines is 2. The van der Waals surface area contributed by atoms with Crippen molar-refractivity contribution < 1.29 is 14.4 Å². The molecule has 3 heterocycles. The van der Waals surface area contributed by atoms with Crippen LogP contribution in [-0.2, 0) is 14.4 Å². The molecular formula is C27H19Cl2N3O3. The van der Waals surface area contributed by atoms with E-state index in [9.17, 15) is 9.59 Å². The van der Waals surface area contributed by atoms with E-state index < -0.39 is 24.0 Å². The van der Waals surface area contributed by atoms with Gasteiger partial charge in [0.15, 0.2) is 6.10 Å². The van der Waals surface area contributed by atoms with Crippen molar-refractivity contribution in [3.8, 4) is 0 Å². The maximum atomic E-state index is 13.9. The topological polar surface area (TPSA) is 62.7 Å². The minimum Gasteiger partial charge on any atom is -0.273 e. The Morgan fingerprint density at radius 1 is 0.886 bits per heavy atom. The van der Waals surface area contributed by atoms with Crippen LogP contribution in [0, 0.1) is 12.8 Å². The summed E-state index contributed by atoms with van der Waals surface area (Å²) >= 11 is 13.0. The van der Waals surface area contributed by atoms with E-state index in [1.165, 1.54) is 4.90 Å². The Hall–Kier alpha value is -3.45. The van der Waals surface area contributed by atoms with E-state index in [0.717, 1.165) is 10.9 Å². The number of fused-ring (bicyclic) bond motifs is 2. The molecule has 2 aliphatic heterocycles. The fourth-order valence-electron chi connectivity index (χ4n) is 4.92. The molecule has 0 spiro atoms. The number of para-hydroxylation sites is 2. The molecule has 2 fully saturated rings. The number of nitrogens with zero attached hydrogens (tertiary/aromatic N) is 3. The van der Waals surface area contributed by atoms with Crippen LogP contribution >= 0.6 is 23.2 Å². The van der Waals surface area contributed by atoms with E-state index in [1.54, 1.807) is 30.2 Å². The van der Waals surface area contributed by atoms with E-state index in [2.05, 4.69) is 4.98 Å². The summed E-state index contributed by atoms with van der Waals surface area (Å²) in [7, 11) is 0. The van der Waals surface area contributed by atoms with Crippen LogP contribution < -0.4 is 9.96 Å². The number of carbonyl (C=O) groups is 2. The zero-order valence-corrected chi connectivity index (χ0v) is 20.1. The number of amides is 2. The van der Waals surface area contributed by atoms with Gasteiger partial charge >= 0.3 is 0 Å². The number of hydroxylamine groups is 1. The molecule has 1 aromatic heterocycles. The average molecular weight is 504 g/mol. The van der Waals surface area contributed by atoms with Crippen molar-refractivity contribution in [2.75, 3.05) is 9.96 Å². The number of hydrogen-bond acceptors (Lipinski definition) is 5. The number of carbonyl (C=O) groups excluding carboxylic acids is 2. The highest BCUT2D eigenvalue weighted by Crippen LogP contribution is 2.49. The molecule has 0 bridgehead atoms. The standard InChI is InChI=1S/C27H19Cl2N3O3/c1-15-19(28)11-7-13-21(15)31-26(33)22-23(18-14-16-8-5-6-12-20(16)30-25(18)29)32(35-24(22)27(31)34)17-9-3-2-4-10-17/h2-14,22-24H,1H3/t22-,23-,24-/m1/s1. The van der Waals surface area contributed by atoms with Gasteiger partial charge in [-0.15, -0.1) is 0 Å². The average Bonchev–Trinajstić information content (AvgIpc) is 3.37. The van der Waals surface area contributed by atoms with Crippen LogP contribution in [0.3, 0.4) is 0 Å². The summed E-state index contributed by atoms with van der Waals surface area (Å²) in [5.74, 6) is -1.61. The summed E-state index contributed by atoms with van der Waals surface area (Å²) in [4.78, 5) is 39.4. The lowest BCUT2D eigenvalue weighted by Gasteiger charge is -2.29. The monoisotopic (exact) mass is 503 g/mol. The van der Waals surface area contributed by atoms with Gasteiger partial charge in [-0.05, 0) is 48.9 Å². The van der Waals surface area contributed by atoms with Gasteiger partial charge in [0.2, 0.25) is 5.91 Å². The van der Waals surface area contributed by atoms with Crippen molar-refractivity contribution in [2.24, 2.45) is 5.92 Å². The first-order chi connectivity index (χ1) is 17.0. The Kier molecular flexibility index (Phi) is 5.25. The first kappa shape index (κ1) is 22.0. The summed E-state index contributed by atoms with van der Waals surface area (Å²) in [6, 6.07) is 23.4. The van der Waals surface area contributed by atoms with Crippen molar-refractivity contribution in [2.45, 2.75) is 19.1 Å². The molecule has 0 aliphatic carbocycles. The SMILES string of the molecule is Cc1c(Cl)cccc1N1C(=O)[C@@H]2[C@@H](c3cc4ccccc4nc3Cl)N(c3ccccc3)O[C@H]2C1=O. The van der Waals surface area contributed by atoms with Gasteiger partial charge in [0.05, 0.1) is 22.9 Å². The second-order valence-corrected chi connectivity index (χ2v) is 9.38. The molecule has 3 atom stereocenters. The molecule has 0 radical (unpaired) electrons. The van der Waals surface area contributed by atoms with Gasteiger partial charge in [-0.1, -0.05) is 65.7 Å². The minimum absolute atomic E-state index is 0.261. The van der Waals surface area contributed by atoms with E-state index >= 15 is 0 Å². The number of aromatic nitrogens is 1. The molecule has 6 rings (SSSR count). The number of hydrogen-bond donors (Lipinski definition) is 0. The van der Waals surface area contributed by atoms with Crippen LogP contribution in [0.15, 0.2) is 78.9 Å². The molecule has 0 unspecified atom stereocenters. The Morgan fingerprint density at radius 2 is 1.63 bits per heavy atom. The van der Waals surface area contributed by atoms with Gasteiger partial charge in [-0.2, -0.15) is 0 Å². The molecule has 0 N–H and O–H groups in total. The smallest absolute Gasteiger partial charge is 0.266 e. The maximum absolute atomic E-state index is 13.9. The molecule has 3 aromatic carbocycles. The van der Waals surface area contributed by atoms with Gasteiger partial charge in [0, 0.05) is 16.0 Å². The van der Waals surface area contributed by atoms with Crippen LogP contribution in [0.4, 0.5) is 11.4 Å². The van der Waals surface area contributed by atoms with Crippen LogP contribution in [0.1, 0.15) is 17.2 Å². The van der Waals surface area contributed by atoms with Crippen LogP contribution in [0.2, 0.25) is 10.2 Å². The Balaban J connectivity index is 1.51. The van der Waals surface area contributed by atoms with Crippen LogP contribution in [0.5, 0.6) is 0 Å². The fourth-order valence-corrected chi connectivity index (χ4v) is 5.35. The number of rotatable bonds is 3. The Labute approximate surface area is 211 Å². The third-order valence-electron chi connectivity index (χ3n) is 6.63. The molecule has 4 aromatic rings. The van der Waals surface area contributed by atoms with Gasteiger partial charge in [0.25, 0.3) is 5.91 Å². The summed E-state index contributed by atoms with van der Waals surface area (Å²) < 4.78 is 0. The first-order valence-corrected chi connectivity index (χ1v) is 11.9. The lowest BCUT2D eigenvalue weighted by atomic mass is 9.90. The molecule has 2 saturated heterocycles. The van der Waals surface area contributed by atoms with E-state index in [-0.39, 0.29) is 11.1 Å². The number of imide groups is 1.